The summed E-state index contributed by atoms with van der Waals surface area (Å²) in [5.41, 5.74) is 1.78. The standard InChI is InChI=1S/C26H37N3O4/c1-4-27-14-16-28(17-15-27)24-23(19-12-13-21(32-2)22(18-19)33-3)25(30)29(26(24)31)20-10-8-6-5-7-9-11-20/h12-13,18,20H,4-11,14-17H2,1-3H3. The van der Waals surface area contributed by atoms with Crippen molar-refractivity contribution in [2.75, 3.05) is 46.9 Å². The molecule has 0 aromatic heterocycles. The number of ether oxygens (including phenoxy) is 2. The molecule has 1 aliphatic carbocycles. The molecule has 7 nitrogen and oxygen atoms in total. The molecule has 0 atom stereocenters. The molecule has 0 radical (unpaired) electrons. The van der Waals surface area contributed by atoms with Gasteiger partial charge in [0.1, 0.15) is 5.70 Å². The molecule has 1 aromatic rings. The van der Waals surface area contributed by atoms with Gasteiger partial charge in [0, 0.05) is 32.2 Å². The van der Waals surface area contributed by atoms with E-state index in [9.17, 15) is 9.59 Å². The largest absolute Gasteiger partial charge is 0.493 e. The van der Waals surface area contributed by atoms with E-state index in [2.05, 4.69) is 16.7 Å². The van der Waals surface area contributed by atoms with E-state index < -0.39 is 0 Å². The normalized spacial score (nSPS) is 21.4. The lowest BCUT2D eigenvalue weighted by atomic mass is 9.95. The summed E-state index contributed by atoms with van der Waals surface area (Å²) >= 11 is 0. The summed E-state index contributed by atoms with van der Waals surface area (Å²) in [4.78, 5) is 33.8. The van der Waals surface area contributed by atoms with E-state index in [4.69, 9.17) is 9.47 Å². The zero-order valence-electron chi connectivity index (χ0n) is 20.3. The van der Waals surface area contributed by atoms with Gasteiger partial charge in [-0.05, 0) is 37.1 Å². The highest BCUT2D eigenvalue weighted by Gasteiger charge is 2.45. The molecular formula is C26H37N3O4. The van der Waals surface area contributed by atoms with Crippen LogP contribution in [0.1, 0.15) is 57.4 Å². The number of benzene rings is 1. The average Bonchev–Trinajstić information content (AvgIpc) is 3.08. The van der Waals surface area contributed by atoms with Gasteiger partial charge < -0.3 is 19.3 Å². The Bertz CT molecular complexity index is 897. The maximum atomic E-state index is 13.9. The minimum atomic E-state index is -0.161. The van der Waals surface area contributed by atoms with Gasteiger partial charge in [-0.2, -0.15) is 0 Å². The Morgan fingerprint density at radius 2 is 1.48 bits per heavy atom. The molecular weight excluding hydrogens is 418 g/mol. The summed E-state index contributed by atoms with van der Waals surface area (Å²) < 4.78 is 10.9. The van der Waals surface area contributed by atoms with Gasteiger partial charge in [0.25, 0.3) is 11.8 Å². The summed E-state index contributed by atoms with van der Waals surface area (Å²) in [6.45, 7) is 6.43. The van der Waals surface area contributed by atoms with E-state index in [0.717, 1.165) is 58.4 Å². The van der Waals surface area contributed by atoms with Crippen LogP contribution in [0.4, 0.5) is 0 Å². The Kier molecular flexibility index (Phi) is 7.58. The lowest BCUT2D eigenvalue weighted by Gasteiger charge is -2.36. The Morgan fingerprint density at radius 1 is 0.848 bits per heavy atom. The quantitative estimate of drug-likeness (QED) is 0.612. The highest BCUT2D eigenvalue weighted by Crippen LogP contribution is 2.38. The Hall–Kier alpha value is -2.54. The minimum Gasteiger partial charge on any atom is -0.493 e. The van der Waals surface area contributed by atoms with Crippen molar-refractivity contribution in [3.05, 3.63) is 29.5 Å². The lowest BCUT2D eigenvalue weighted by Crippen LogP contribution is -2.48. The van der Waals surface area contributed by atoms with Crippen LogP contribution in [0, 0.1) is 0 Å². The van der Waals surface area contributed by atoms with E-state index in [1.165, 1.54) is 19.3 Å². The minimum absolute atomic E-state index is 0.0186. The van der Waals surface area contributed by atoms with Crippen LogP contribution >= 0.6 is 0 Å². The first kappa shape index (κ1) is 23.6. The van der Waals surface area contributed by atoms with Gasteiger partial charge in [0.05, 0.1) is 19.8 Å². The third-order valence-electron chi connectivity index (χ3n) is 7.34. The second kappa shape index (κ2) is 10.6. The summed E-state index contributed by atoms with van der Waals surface area (Å²) in [6, 6.07) is 5.48. The summed E-state index contributed by atoms with van der Waals surface area (Å²) in [6.07, 6.45) is 7.52. The fourth-order valence-electron chi connectivity index (χ4n) is 5.39. The van der Waals surface area contributed by atoms with Gasteiger partial charge in [-0.1, -0.05) is 45.1 Å². The first-order valence-electron chi connectivity index (χ1n) is 12.4. The first-order valence-corrected chi connectivity index (χ1v) is 12.4. The van der Waals surface area contributed by atoms with Gasteiger partial charge in [-0.3, -0.25) is 14.5 Å². The van der Waals surface area contributed by atoms with E-state index >= 15 is 0 Å². The number of rotatable bonds is 6. The summed E-state index contributed by atoms with van der Waals surface area (Å²) in [5, 5.41) is 0. The monoisotopic (exact) mass is 455 g/mol. The fraction of sp³-hybridized carbons (Fsp3) is 0.615. The molecule has 33 heavy (non-hydrogen) atoms. The Balaban J connectivity index is 1.73. The fourth-order valence-corrected chi connectivity index (χ4v) is 5.39. The predicted molar refractivity (Wildman–Crippen MR) is 128 cm³/mol. The molecule has 0 N–H and O–H groups in total. The van der Waals surface area contributed by atoms with Crippen LogP contribution in [0.5, 0.6) is 11.5 Å². The Labute approximate surface area is 197 Å². The average molecular weight is 456 g/mol. The van der Waals surface area contributed by atoms with Crippen molar-refractivity contribution < 1.29 is 19.1 Å². The van der Waals surface area contributed by atoms with E-state index in [-0.39, 0.29) is 17.9 Å². The number of likely N-dealkylation sites (N-methyl/N-ethyl adjacent to an activating group) is 1. The molecule has 180 valence electrons. The number of methoxy groups -OCH3 is 2. The molecule has 0 unspecified atom stereocenters. The smallest absolute Gasteiger partial charge is 0.278 e. The van der Waals surface area contributed by atoms with Gasteiger partial charge in [-0.15, -0.1) is 0 Å². The number of hydrogen-bond donors (Lipinski definition) is 0. The van der Waals surface area contributed by atoms with Crippen molar-refractivity contribution >= 4 is 17.4 Å². The molecule has 2 aliphatic heterocycles. The molecule has 2 heterocycles. The molecule has 2 fully saturated rings. The molecule has 4 rings (SSSR count). The second-order valence-electron chi connectivity index (χ2n) is 9.19. The zero-order chi connectivity index (χ0) is 23.4. The van der Waals surface area contributed by atoms with Crippen molar-refractivity contribution in [1.82, 2.24) is 14.7 Å². The number of imide groups is 1. The van der Waals surface area contributed by atoms with Gasteiger partial charge in [0.15, 0.2) is 11.5 Å². The Morgan fingerprint density at radius 3 is 2.09 bits per heavy atom. The maximum Gasteiger partial charge on any atom is 0.278 e. The van der Waals surface area contributed by atoms with Crippen molar-refractivity contribution in [1.29, 1.82) is 0 Å². The molecule has 3 aliphatic rings. The topological polar surface area (TPSA) is 62.3 Å². The zero-order valence-corrected chi connectivity index (χ0v) is 20.3. The van der Waals surface area contributed by atoms with Gasteiger partial charge in [0.2, 0.25) is 0 Å². The van der Waals surface area contributed by atoms with Crippen molar-refractivity contribution in [2.45, 2.75) is 57.9 Å². The summed E-state index contributed by atoms with van der Waals surface area (Å²) in [5.74, 6) is 0.877. The molecule has 7 heteroatoms. The van der Waals surface area contributed by atoms with Crippen LogP contribution in [-0.4, -0.2) is 79.5 Å². The number of hydrogen-bond acceptors (Lipinski definition) is 6. The number of piperazine rings is 1. The van der Waals surface area contributed by atoms with Crippen LogP contribution in [0.3, 0.4) is 0 Å². The number of nitrogens with zero attached hydrogens (tertiary/aromatic N) is 3. The van der Waals surface area contributed by atoms with E-state index in [0.29, 0.717) is 28.3 Å². The molecule has 2 amide bonds. The van der Waals surface area contributed by atoms with Crippen molar-refractivity contribution in [2.24, 2.45) is 0 Å². The van der Waals surface area contributed by atoms with Crippen molar-refractivity contribution in [3.8, 4) is 11.5 Å². The van der Waals surface area contributed by atoms with E-state index in [1.54, 1.807) is 19.1 Å². The molecule has 0 bridgehead atoms. The molecule has 1 saturated heterocycles. The predicted octanol–water partition coefficient (Wildman–Crippen LogP) is 3.53. The third kappa shape index (κ3) is 4.74. The van der Waals surface area contributed by atoms with Gasteiger partial charge in [-0.25, -0.2) is 0 Å². The first-order chi connectivity index (χ1) is 16.1. The lowest BCUT2D eigenvalue weighted by molar-refractivity contribution is -0.140. The molecule has 0 spiro atoms. The number of carbonyl (C=O) groups excluding carboxylic acids is 2. The molecule has 1 saturated carbocycles. The highest BCUT2D eigenvalue weighted by molar-refractivity contribution is 6.35. The second-order valence-corrected chi connectivity index (χ2v) is 9.19. The maximum absolute atomic E-state index is 13.9. The van der Waals surface area contributed by atoms with Crippen LogP contribution in [0.15, 0.2) is 23.9 Å². The van der Waals surface area contributed by atoms with Crippen LogP contribution in [0.25, 0.3) is 5.57 Å². The summed E-state index contributed by atoms with van der Waals surface area (Å²) in [7, 11) is 3.18. The SMILES string of the molecule is CCN1CCN(C2=C(c3ccc(OC)c(OC)c3)C(=O)N(C3CCCCCCC3)C2=O)CC1. The van der Waals surface area contributed by atoms with Crippen LogP contribution < -0.4 is 9.47 Å². The number of amides is 2. The highest BCUT2D eigenvalue weighted by atomic mass is 16.5. The number of carbonyl (C=O) groups is 2. The third-order valence-corrected chi connectivity index (χ3v) is 7.34. The van der Waals surface area contributed by atoms with Crippen molar-refractivity contribution in [3.63, 3.8) is 0 Å². The molecule has 1 aromatic carbocycles. The van der Waals surface area contributed by atoms with Gasteiger partial charge >= 0.3 is 0 Å². The van der Waals surface area contributed by atoms with Crippen LogP contribution in [0.2, 0.25) is 0 Å². The van der Waals surface area contributed by atoms with E-state index in [1.807, 2.05) is 18.2 Å². The van der Waals surface area contributed by atoms with Crippen LogP contribution in [-0.2, 0) is 9.59 Å².